The first kappa shape index (κ1) is 9.30. The predicted molar refractivity (Wildman–Crippen MR) is 57.6 cm³/mol. The topological polar surface area (TPSA) is 0 Å². The summed E-state index contributed by atoms with van der Waals surface area (Å²) in [5.41, 5.74) is 2.14. The van der Waals surface area contributed by atoms with E-state index in [1.165, 1.54) is 38.5 Å². The summed E-state index contributed by atoms with van der Waals surface area (Å²) in [4.78, 5) is 0. The lowest BCUT2D eigenvalue weighted by atomic mass is 9.61. The van der Waals surface area contributed by atoms with Crippen LogP contribution < -0.4 is 0 Å². The van der Waals surface area contributed by atoms with Crippen LogP contribution in [0.5, 0.6) is 0 Å². The molecule has 2 saturated carbocycles. The Kier molecular flexibility index (Phi) is 2.25. The smallest absolute Gasteiger partial charge is 0.0172 e. The summed E-state index contributed by atoms with van der Waals surface area (Å²) in [6.07, 6.45) is 8.46. The first-order valence-corrected chi connectivity index (χ1v) is 5.76. The van der Waals surface area contributed by atoms with Gasteiger partial charge >= 0.3 is 0 Å². The second-order valence-electron chi connectivity index (χ2n) is 5.82. The number of rotatable bonds is 0. The Labute approximate surface area is 82.4 Å². The van der Waals surface area contributed by atoms with Crippen molar-refractivity contribution in [2.24, 2.45) is 17.3 Å². The van der Waals surface area contributed by atoms with Crippen molar-refractivity contribution in [3.8, 4) is 0 Å². The van der Waals surface area contributed by atoms with Gasteiger partial charge in [-0.2, -0.15) is 0 Å². The summed E-state index contributed by atoms with van der Waals surface area (Å²) < 4.78 is 0. The average Bonchev–Trinajstić information content (AvgIpc) is 2.06. The molecule has 74 valence electrons. The zero-order valence-electron chi connectivity index (χ0n) is 9.10. The van der Waals surface area contributed by atoms with E-state index in [0.717, 1.165) is 11.8 Å². The van der Waals surface area contributed by atoms with Crippen LogP contribution in [0.3, 0.4) is 0 Å². The summed E-state index contributed by atoms with van der Waals surface area (Å²) >= 11 is 0. The Morgan fingerprint density at radius 1 is 1.31 bits per heavy atom. The summed E-state index contributed by atoms with van der Waals surface area (Å²) in [5.74, 6) is 1.87. The predicted octanol–water partition coefficient (Wildman–Crippen LogP) is 4.17. The minimum atomic E-state index is 0.585. The van der Waals surface area contributed by atoms with Crippen LogP contribution in [-0.4, -0.2) is 0 Å². The van der Waals surface area contributed by atoms with E-state index < -0.39 is 0 Å². The Morgan fingerprint density at radius 2 is 2.08 bits per heavy atom. The van der Waals surface area contributed by atoms with Crippen molar-refractivity contribution in [1.82, 2.24) is 0 Å². The molecule has 2 atom stereocenters. The number of hydrogen-bond donors (Lipinski definition) is 0. The van der Waals surface area contributed by atoms with Crippen molar-refractivity contribution < 1.29 is 0 Å². The minimum absolute atomic E-state index is 0.585. The van der Waals surface area contributed by atoms with Gasteiger partial charge in [0.05, 0.1) is 0 Å². The van der Waals surface area contributed by atoms with Crippen molar-refractivity contribution in [1.29, 1.82) is 0 Å². The van der Waals surface area contributed by atoms with Gasteiger partial charge in [-0.25, -0.2) is 0 Å². The Morgan fingerprint density at radius 3 is 2.85 bits per heavy atom. The normalized spacial score (nSPS) is 38.5. The second kappa shape index (κ2) is 3.15. The first-order valence-electron chi connectivity index (χ1n) is 5.76. The lowest BCUT2D eigenvalue weighted by Gasteiger charge is -2.44. The molecule has 0 saturated heterocycles. The van der Waals surface area contributed by atoms with Crippen LogP contribution in [0.2, 0.25) is 0 Å². The molecule has 0 radical (unpaired) electrons. The number of fused-ring (bicyclic) bond motifs is 1. The molecule has 2 aliphatic rings. The molecule has 0 N–H and O–H groups in total. The molecular formula is C13H22. The average molecular weight is 178 g/mol. The highest BCUT2D eigenvalue weighted by molar-refractivity contribution is 5.09. The molecule has 2 unspecified atom stereocenters. The fraction of sp³-hybridized carbons (Fsp3) is 0.846. The van der Waals surface area contributed by atoms with Crippen LogP contribution in [0, 0.1) is 17.3 Å². The monoisotopic (exact) mass is 178 g/mol. The highest BCUT2D eigenvalue weighted by atomic mass is 14.4. The third kappa shape index (κ3) is 1.82. The van der Waals surface area contributed by atoms with E-state index in [-0.39, 0.29) is 0 Å². The van der Waals surface area contributed by atoms with Crippen LogP contribution >= 0.6 is 0 Å². The molecule has 0 bridgehead atoms. The van der Waals surface area contributed by atoms with Crippen molar-refractivity contribution in [2.45, 2.75) is 52.4 Å². The van der Waals surface area contributed by atoms with E-state index in [4.69, 9.17) is 0 Å². The molecule has 0 nitrogen and oxygen atoms in total. The summed E-state index contributed by atoms with van der Waals surface area (Å²) in [7, 11) is 0. The molecule has 0 heteroatoms. The molecule has 0 aromatic heterocycles. The van der Waals surface area contributed by atoms with E-state index >= 15 is 0 Å². The maximum atomic E-state index is 4.26. The molecule has 0 amide bonds. The SMILES string of the molecule is C=C1CCCC2CCC(C)(C)CC12. The fourth-order valence-corrected chi connectivity index (χ4v) is 3.24. The van der Waals surface area contributed by atoms with E-state index in [9.17, 15) is 0 Å². The Hall–Kier alpha value is -0.260. The first-order chi connectivity index (χ1) is 6.08. The van der Waals surface area contributed by atoms with Gasteiger partial charge in [0.2, 0.25) is 0 Å². The van der Waals surface area contributed by atoms with Gasteiger partial charge in [0.25, 0.3) is 0 Å². The lowest BCUT2D eigenvalue weighted by Crippen LogP contribution is -2.32. The van der Waals surface area contributed by atoms with Crippen LogP contribution in [0.4, 0.5) is 0 Å². The molecular weight excluding hydrogens is 156 g/mol. The molecule has 2 fully saturated rings. The van der Waals surface area contributed by atoms with Gasteiger partial charge in [0.1, 0.15) is 0 Å². The highest BCUT2D eigenvalue weighted by Gasteiger charge is 2.37. The van der Waals surface area contributed by atoms with E-state index in [2.05, 4.69) is 20.4 Å². The van der Waals surface area contributed by atoms with Gasteiger partial charge < -0.3 is 0 Å². The van der Waals surface area contributed by atoms with E-state index in [0.29, 0.717) is 5.41 Å². The van der Waals surface area contributed by atoms with Crippen LogP contribution in [-0.2, 0) is 0 Å². The van der Waals surface area contributed by atoms with Gasteiger partial charge in [-0.1, -0.05) is 26.0 Å². The Bertz CT molecular complexity index is 212. The molecule has 0 spiro atoms. The maximum Gasteiger partial charge on any atom is -0.0172 e. The number of allylic oxidation sites excluding steroid dienone is 1. The quantitative estimate of drug-likeness (QED) is 0.488. The fourth-order valence-electron chi connectivity index (χ4n) is 3.24. The summed E-state index contributed by atoms with van der Waals surface area (Å²) in [6.45, 7) is 9.11. The van der Waals surface area contributed by atoms with Crippen molar-refractivity contribution >= 4 is 0 Å². The number of hydrogen-bond acceptors (Lipinski definition) is 0. The summed E-state index contributed by atoms with van der Waals surface area (Å²) in [5, 5.41) is 0. The van der Waals surface area contributed by atoms with Gasteiger partial charge in [0.15, 0.2) is 0 Å². The molecule has 2 aliphatic carbocycles. The molecule has 0 aliphatic heterocycles. The largest absolute Gasteiger partial charge is 0.0996 e. The van der Waals surface area contributed by atoms with Crippen molar-refractivity contribution in [2.75, 3.05) is 0 Å². The lowest BCUT2D eigenvalue weighted by molar-refractivity contribution is 0.117. The third-order valence-electron chi connectivity index (χ3n) is 4.13. The maximum absolute atomic E-state index is 4.26. The molecule has 0 aromatic rings. The molecule has 0 heterocycles. The standard InChI is InChI=1S/C13H22/c1-10-5-4-6-11-7-8-13(2,3)9-12(10)11/h11-12H,1,4-9H2,2-3H3. The molecule has 13 heavy (non-hydrogen) atoms. The van der Waals surface area contributed by atoms with Gasteiger partial charge in [-0.05, 0) is 55.8 Å². The Balaban J connectivity index is 2.10. The summed E-state index contributed by atoms with van der Waals surface area (Å²) in [6, 6.07) is 0. The van der Waals surface area contributed by atoms with Crippen molar-refractivity contribution in [3.63, 3.8) is 0 Å². The minimum Gasteiger partial charge on any atom is -0.0996 e. The molecule has 0 aromatic carbocycles. The van der Waals surface area contributed by atoms with Gasteiger partial charge in [0, 0.05) is 0 Å². The highest BCUT2D eigenvalue weighted by Crippen LogP contribution is 2.49. The third-order valence-corrected chi connectivity index (χ3v) is 4.13. The second-order valence-corrected chi connectivity index (χ2v) is 5.82. The van der Waals surface area contributed by atoms with Crippen LogP contribution in [0.1, 0.15) is 52.4 Å². The van der Waals surface area contributed by atoms with E-state index in [1.807, 2.05) is 0 Å². The zero-order chi connectivity index (χ0) is 9.47. The molecule has 2 rings (SSSR count). The van der Waals surface area contributed by atoms with Gasteiger partial charge in [-0.15, -0.1) is 0 Å². The zero-order valence-corrected chi connectivity index (χ0v) is 9.10. The van der Waals surface area contributed by atoms with Crippen LogP contribution in [0.25, 0.3) is 0 Å². The van der Waals surface area contributed by atoms with Crippen molar-refractivity contribution in [3.05, 3.63) is 12.2 Å². The van der Waals surface area contributed by atoms with Gasteiger partial charge in [-0.3, -0.25) is 0 Å². The van der Waals surface area contributed by atoms with Crippen LogP contribution in [0.15, 0.2) is 12.2 Å². The van der Waals surface area contributed by atoms with E-state index in [1.54, 1.807) is 5.57 Å².